The van der Waals surface area contributed by atoms with Crippen molar-refractivity contribution >= 4 is 23.8 Å². The van der Waals surface area contributed by atoms with Crippen molar-refractivity contribution in [1.82, 2.24) is 20.9 Å². The second kappa shape index (κ2) is 11.1. The van der Waals surface area contributed by atoms with Gasteiger partial charge in [0.2, 0.25) is 17.7 Å². The van der Waals surface area contributed by atoms with Crippen LogP contribution in [-0.2, 0) is 19.1 Å². The first-order valence-corrected chi connectivity index (χ1v) is 13.5. The molecule has 1 unspecified atom stereocenters. The number of ether oxygens (including phenoxy) is 1. The van der Waals surface area contributed by atoms with E-state index < -0.39 is 35.7 Å². The molecule has 10 nitrogen and oxygen atoms in total. The van der Waals surface area contributed by atoms with Crippen molar-refractivity contribution in [3.63, 3.8) is 0 Å². The Morgan fingerprint density at radius 3 is 2.68 bits per heavy atom. The molecule has 0 spiro atoms. The number of hydrogen-bond acceptors (Lipinski definition) is 6. The van der Waals surface area contributed by atoms with Gasteiger partial charge in [-0.05, 0) is 77.0 Å². The van der Waals surface area contributed by atoms with Crippen LogP contribution in [0.2, 0.25) is 0 Å². The number of piperidine rings is 1. The van der Waals surface area contributed by atoms with E-state index in [0.717, 1.165) is 25.7 Å². The van der Waals surface area contributed by atoms with Crippen LogP contribution in [0.4, 0.5) is 4.79 Å². The maximum absolute atomic E-state index is 13.8. The highest BCUT2D eigenvalue weighted by Gasteiger charge is 2.51. The molecule has 3 N–H and O–H groups in total. The minimum atomic E-state index is -0.853. The van der Waals surface area contributed by atoms with Crippen molar-refractivity contribution in [3.8, 4) is 6.07 Å². The number of amides is 4. The fourth-order valence-electron chi connectivity index (χ4n) is 6.37. The molecule has 4 rings (SSSR count). The number of alkyl carbamates (subject to hydrolysis) is 1. The van der Waals surface area contributed by atoms with E-state index in [1.165, 1.54) is 0 Å². The molecular formula is C27H39N5O5. The normalized spacial score (nSPS) is 35.6. The summed E-state index contributed by atoms with van der Waals surface area (Å²) in [5.74, 6) is -1.02. The molecule has 3 fully saturated rings. The van der Waals surface area contributed by atoms with Gasteiger partial charge in [0.15, 0.2) is 0 Å². The number of fused-ring (bicyclic) bond motifs is 4. The number of nitrogens with zero attached hydrogens (tertiary/aromatic N) is 2. The van der Waals surface area contributed by atoms with Crippen molar-refractivity contribution in [2.45, 2.75) is 89.4 Å². The summed E-state index contributed by atoms with van der Waals surface area (Å²) < 4.78 is 5.42. The van der Waals surface area contributed by atoms with Crippen LogP contribution in [-0.4, -0.2) is 65.5 Å². The first-order chi connectivity index (χ1) is 17.6. The molecule has 0 aromatic heterocycles. The van der Waals surface area contributed by atoms with E-state index in [4.69, 9.17) is 4.74 Å². The van der Waals surface area contributed by atoms with E-state index in [2.05, 4.69) is 22.0 Å². The Labute approximate surface area is 218 Å². The summed E-state index contributed by atoms with van der Waals surface area (Å²) in [4.78, 5) is 54.3. The molecule has 10 heteroatoms. The van der Waals surface area contributed by atoms with Gasteiger partial charge in [-0.1, -0.05) is 18.6 Å². The molecule has 0 radical (unpaired) electrons. The van der Waals surface area contributed by atoms with Crippen LogP contribution in [0.3, 0.4) is 0 Å². The highest BCUT2D eigenvalue weighted by Crippen LogP contribution is 2.42. The lowest BCUT2D eigenvalue weighted by molar-refractivity contribution is -0.141. The number of nitriles is 1. The molecule has 1 aliphatic carbocycles. The van der Waals surface area contributed by atoms with Crippen molar-refractivity contribution in [1.29, 1.82) is 5.26 Å². The lowest BCUT2D eigenvalue weighted by Gasteiger charge is -2.33. The van der Waals surface area contributed by atoms with Crippen LogP contribution in [0.25, 0.3) is 0 Å². The van der Waals surface area contributed by atoms with Crippen LogP contribution < -0.4 is 16.0 Å². The molecular weight excluding hydrogens is 474 g/mol. The lowest BCUT2D eigenvalue weighted by Crippen LogP contribution is -2.56. The third-order valence-electron chi connectivity index (χ3n) is 8.03. The van der Waals surface area contributed by atoms with E-state index in [-0.39, 0.29) is 41.9 Å². The zero-order valence-electron chi connectivity index (χ0n) is 22.0. The molecule has 3 aliphatic heterocycles. The summed E-state index contributed by atoms with van der Waals surface area (Å²) in [7, 11) is 0. The van der Waals surface area contributed by atoms with Crippen molar-refractivity contribution in [2.24, 2.45) is 23.7 Å². The van der Waals surface area contributed by atoms with E-state index in [0.29, 0.717) is 25.9 Å². The van der Waals surface area contributed by atoms with Gasteiger partial charge in [-0.3, -0.25) is 14.4 Å². The molecule has 4 amide bonds. The van der Waals surface area contributed by atoms with Gasteiger partial charge >= 0.3 is 6.09 Å². The molecule has 1 saturated carbocycles. The third kappa shape index (κ3) is 6.25. The van der Waals surface area contributed by atoms with Crippen LogP contribution >= 0.6 is 0 Å². The van der Waals surface area contributed by atoms with Gasteiger partial charge in [0.25, 0.3) is 0 Å². The van der Waals surface area contributed by atoms with Crippen molar-refractivity contribution in [3.05, 3.63) is 12.2 Å². The van der Waals surface area contributed by atoms with Crippen LogP contribution in [0.15, 0.2) is 12.2 Å². The average Bonchev–Trinajstić information content (AvgIpc) is 3.41. The minimum Gasteiger partial charge on any atom is -0.444 e. The number of hydrogen-bond donors (Lipinski definition) is 3. The van der Waals surface area contributed by atoms with Crippen LogP contribution in [0.5, 0.6) is 0 Å². The fourth-order valence-corrected chi connectivity index (χ4v) is 6.37. The zero-order chi connectivity index (χ0) is 26.7. The second-order valence-electron chi connectivity index (χ2n) is 11.8. The summed E-state index contributed by atoms with van der Waals surface area (Å²) in [5, 5.41) is 18.3. The van der Waals surface area contributed by atoms with E-state index in [1.807, 2.05) is 12.2 Å². The number of carbonyl (C=O) groups excluding carboxylic acids is 4. The second-order valence-corrected chi connectivity index (χ2v) is 11.8. The predicted octanol–water partition coefficient (Wildman–Crippen LogP) is 2.01. The summed E-state index contributed by atoms with van der Waals surface area (Å²) in [6.45, 7) is 6.28. The number of rotatable bonds is 1. The molecule has 202 valence electrons. The Bertz CT molecular complexity index is 983. The highest BCUT2D eigenvalue weighted by molar-refractivity contribution is 5.92. The van der Waals surface area contributed by atoms with Crippen molar-refractivity contribution < 1.29 is 23.9 Å². The largest absolute Gasteiger partial charge is 0.444 e. The summed E-state index contributed by atoms with van der Waals surface area (Å²) >= 11 is 0. The van der Waals surface area contributed by atoms with Gasteiger partial charge in [0.1, 0.15) is 23.7 Å². The standard InChI is InChI=1S/C27H39N5O5/c1-27(2,3)37-26(36)31-21-10-5-4-7-16-11-12-29-23(33)20(16)13-18(14-28)30-24(34)22-19-9-6-8-17(19)15-32(22)25(21)35/h4,7,16-22H,5-6,8-13,15H2,1-3H3,(H,29,33)(H,30,34)(H,31,36)/b7-4+/t16-,17-,18-,19-,20?,21-,22-/m0/s1. The number of carbonyl (C=O) groups is 4. The number of nitrogens with one attached hydrogen (secondary N) is 3. The summed E-state index contributed by atoms with van der Waals surface area (Å²) in [6, 6.07) is -0.231. The molecule has 7 atom stereocenters. The third-order valence-corrected chi connectivity index (χ3v) is 8.03. The average molecular weight is 514 g/mol. The van der Waals surface area contributed by atoms with Gasteiger partial charge in [0.05, 0.1) is 6.07 Å². The SMILES string of the molecule is CC(C)(C)OC(=O)N[C@H]1CC/C=C/[C@H]2CCNC(=O)C2C[C@@H](C#N)NC(=O)[C@@H]2[C@H]3CCC[C@H]3CN2C1=O. The van der Waals surface area contributed by atoms with E-state index in [9.17, 15) is 24.4 Å². The van der Waals surface area contributed by atoms with E-state index in [1.54, 1.807) is 25.7 Å². The van der Waals surface area contributed by atoms with Gasteiger partial charge in [0, 0.05) is 19.0 Å². The lowest BCUT2D eigenvalue weighted by atomic mass is 9.81. The molecule has 0 bridgehead atoms. The molecule has 4 aliphatic rings. The van der Waals surface area contributed by atoms with Gasteiger partial charge in [-0.15, -0.1) is 0 Å². The van der Waals surface area contributed by atoms with Crippen LogP contribution in [0.1, 0.15) is 65.7 Å². The summed E-state index contributed by atoms with van der Waals surface area (Å²) in [5.41, 5.74) is -0.718. The maximum atomic E-state index is 13.8. The predicted molar refractivity (Wildman–Crippen MR) is 135 cm³/mol. The molecule has 0 aromatic carbocycles. The molecule has 2 saturated heterocycles. The Balaban J connectivity index is 1.64. The van der Waals surface area contributed by atoms with Crippen LogP contribution in [0, 0.1) is 35.0 Å². The van der Waals surface area contributed by atoms with E-state index >= 15 is 0 Å². The Hall–Kier alpha value is -3.09. The smallest absolute Gasteiger partial charge is 0.408 e. The summed E-state index contributed by atoms with van der Waals surface area (Å²) in [6.07, 6.45) is 7.84. The highest BCUT2D eigenvalue weighted by atomic mass is 16.6. The maximum Gasteiger partial charge on any atom is 0.408 e. The fraction of sp³-hybridized carbons (Fsp3) is 0.741. The Kier molecular flexibility index (Phi) is 8.10. The van der Waals surface area contributed by atoms with Gasteiger partial charge in [-0.25, -0.2) is 4.79 Å². The van der Waals surface area contributed by atoms with Crippen molar-refractivity contribution in [2.75, 3.05) is 13.1 Å². The zero-order valence-corrected chi connectivity index (χ0v) is 22.0. The molecule has 0 aromatic rings. The topological polar surface area (TPSA) is 141 Å². The quantitative estimate of drug-likeness (QED) is 0.458. The minimum absolute atomic E-state index is 0.0176. The monoisotopic (exact) mass is 513 g/mol. The molecule has 37 heavy (non-hydrogen) atoms. The molecule has 3 heterocycles. The first kappa shape index (κ1) is 27.0. The van der Waals surface area contributed by atoms with Gasteiger partial charge < -0.3 is 25.6 Å². The first-order valence-electron chi connectivity index (χ1n) is 13.5. The number of allylic oxidation sites excluding steroid dienone is 2. The Morgan fingerprint density at radius 2 is 1.95 bits per heavy atom. The van der Waals surface area contributed by atoms with Gasteiger partial charge in [-0.2, -0.15) is 5.26 Å². The Morgan fingerprint density at radius 1 is 1.16 bits per heavy atom.